The highest BCUT2D eigenvalue weighted by Gasteiger charge is 2.38. The highest BCUT2D eigenvalue weighted by atomic mass is 35.5. The summed E-state index contributed by atoms with van der Waals surface area (Å²) >= 11 is 6.03. The molecule has 13 heteroatoms. The summed E-state index contributed by atoms with van der Waals surface area (Å²) in [6.45, 7) is 7.12. The molecule has 0 radical (unpaired) electrons. The summed E-state index contributed by atoms with van der Waals surface area (Å²) in [6.07, 6.45) is -3.33. The minimum absolute atomic E-state index is 0.0551. The Morgan fingerprint density at radius 3 is 2.06 bits per heavy atom. The van der Waals surface area contributed by atoms with Gasteiger partial charge in [-0.25, -0.2) is 18.0 Å². The van der Waals surface area contributed by atoms with Gasteiger partial charge in [-0.1, -0.05) is 31.5 Å². The number of hydrogen-bond acceptors (Lipinski definition) is 5. The van der Waals surface area contributed by atoms with Crippen molar-refractivity contribution in [3.05, 3.63) is 52.5 Å². The molecule has 0 aliphatic rings. The Labute approximate surface area is 206 Å². The van der Waals surface area contributed by atoms with Gasteiger partial charge < -0.3 is 15.1 Å². The molecule has 0 fully saturated rings. The van der Waals surface area contributed by atoms with Crippen molar-refractivity contribution in [3.63, 3.8) is 0 Å². The van der Waals surface area contributed by atoms with E-state index in [1.54, 1.807) is 31.2 Å². The number of nitrogens with one attached hydrogen (secondary N) is 1. The molecule has 8 nitrogen and oxygen atoms in total. The van der Waals surface area contributed by atoms with Gasteiger partial charge in [0.1, 0.15) is 0 Å². The van der Waals surface area contributed by atoms with Gasteiger partial charge in [0.05, 0.1) is 16.1 Å². The fourth-order valence-electron chi connectivity index (χ4n) is 3.03. The molecular formula is C22H26ClF3N2O6S. The molecule has 0 bridgehead atoms. The first-order chi connectivity index (χ1) is 16.2. The Kier molecular flexibility index (Phi) is 10.8. The summed E-state index contributed by atoms with van der Waals surface area (Å²) in [5, 5.41) is 17.1. The summed E-state index contributed by atoms with van der Waals surface area (Å²) in [5.74, 6) is -3.86. The van der Waals surface area contributed by atoms with E-state index in [2.05, 4.69) is 4.72 Å². The Morgan fingerprint density at radius 2 is 1.60 bits per heavy atom. The van der Waals surface area contributed by atoms with E-state index < -0.39 is 28.1 Å². The molecule has 0 aliphatic heterocycles. The molecule has 2 aromatic rings. The fraction of sp³-hybridized carbons (Fsp3) is 0.364. The Bertz CT molecular complexity index is 1150. The average molecular weight is 539 g/mol. The zero-order chi connectivity index (χ0) is 27.0. The molecule has 0 amide bonds. The lowest BCUT2D eigenvalue weighted by molar-refractivity contribution is -0.192. The summed E-state index contributed by atoms with van der Waals surface area (Å²) in [7, 11) is -3.90. The third kappa shape index (κ3) is 8.62. The van der Waals surface area contributed by atoms with Gasteiger partial charge in [0, 0.05) is 23.8 Å². The Balaban J connectivity index is 0.000000762. The second kappa shape index (κ2) is 12.6. The molecule has 194 valence electrons. The van der Waals surface area contributed by atoms with E-state index in [1.807, 2.05) is 18.7 Å². The van der Waals surface area contributed by atoms with Crippen LogP contribution < -0.4 is 9.62 Å². The van der Waals surface area contributed by atoms with Crippen molar-refractivity contribution in [3.8, 4) is 0 Å². The van der Waals surface area contributed by atoms with Gasteiger partial charge >= 0.3 is 18.1 Å². The molecule has 0 aliphatic carbocycles. The van der Waals surface area contributed by atoms with Crippen LogP contribution in [0.5, 0.6) is 0 Å². The van der Waals surface area contributed by atoms with Crippen molar-refractivity contribution in [2.75, 3.05) is 22.7 Å². The van der Waals surface area contributed by atoms with E-state index in [4.69, 9.17) is 21.5 Å². The number of hydrogen-bond donors (Lipinski definition) is 3. The molecule has 0 heterocycles. The van der Waals surface area contributed by atoms with Gasteiger partial charge in [-0.05, 0) is 55.7 Å². The quantitative estimate of drug-likeness (QED) is 0.390. The molecule has 0 unspecified atom stereocenters. The number of halogens is 4. The molecular weight excluding hydrogens is 513 g/mol. The monoisotopic (exact) mass is 538 g/mol. The van der Waals surface area contributed by atoms with Crippen LogP contribution in [0.1, 0.15) is 42.6 Å². The number of alkyl halides is 3. The second-order valence-electron chi connectivity index (χ2n) is 7.30. The van der Waals surface area contributed by atoms with Crippen molar-refractivity contribution in [2.24, 2.45) is 0 Å². The van der Waals surface area contributed by atoms with Crippen molar-refractivity contribution in [2.45, 2.75) is 44.7 Å². The number of sulfonamides is 1. The SMILES string of the molecule is CCCN(CCC)c1ccc(NS(=O)(=O)c2cccc(Cl)c2C)cc1C(=O)O.O=C(O)C(F)(F)F. The maximum atomic E-state index is 12.8. The lowest BCUT2D eigenvalue weighted by atomic mass is 10.1. The van der Waals surface area contributed by atoms with Crippen LogP contribution in [-0.4, -0.2) is 49.8 Å². The second-order valence-corrected chi connectivity index (χ2v) is 9.35. The van der Waals surface area contributed by atoms with Crippen LogP contribution in [0.3, 0.4) is 0 Å². The Hall–Kier alpha value is -2.99. The molecule has 0 atom stereocenters. The summed E-state index contributed by atoms with van der Waals surface area (Å²) in [5.41, 5.74) is 1.26. The zero-order valence-electron chi connectivity index (χ0n) is 19.2. The molecule has 0 saturated heterocycles. The summed E-state index contributed by atoms with van der Waals surface area (Å²) < 4.78 is 59.7. The third-order valence-electron chi connectivity index (χ3n) is 4.56. The van der Waals surface area contributed by atoms with E-state index in [9.17, 15) is 31.5 Å². The average Bonchev–Trinajstić information content (AvgIpc) is 2.75. The van der Waals surface area contributed by atoms with E-state index in [0.717, 1.165) is 25.9 Å². The van der Waals surface area contributed by atoms with E-state index in [1.165, 1.54) is 12.1 Å². The number of carbonyl (C=O) groups is 2. The first-order valence-electron chi connectivity index (χ1n) is 10.4. The van der Waals surface area contributed by atoms with Crippen LogP contribution in [0.15, 0.2) is 41.3 Å². The van der Waals surface area contributed by atoms with E-state index in [-0.39, 0.29) is 16.1 Å². The molecule has 35 heavy (non-hydrogen) atoms. The normalized spacial score (nSPS) is 11.3. The number of carboxylic acids is 2. The van der Waals surface area contributed by atoms with Crippen molar-refractivity contribution < 1.29 is 41.4 Å². The standard InChI is InChI=1S/C20H25ClN2O4S.C2HF3O2/c1-4-11-23(12-5-2)18-10-9-15(13-16(18)20(24)25)22-28(26,27)19-8-6-7-17(21)14(19)3;3-2(4,5)1(6)7/h6-10,13,22H,4-5,11-12H2,1-3H3,(H,24,25);(H,6,7). The molecule has 0 aromatic heterocycles. The van der Waals surface area contributed by atoms with Crippen molar-refractivity contribution in [1.29, 1.82) is 0 Å². The van der Waals surface area contributed by atoms with E-state index >= 15 is 0 Å². The van der Waals surface area contributed by atoms with Crippen LogP contribution in [0.25, 0.3) is 0 Å². The molecule has 2 rings (SSSR count). The third-order valence-corrected chi connectivity index (χ3v) is 6.49. The number of aromatic carboxylic acids is 1. The number of aliphatic carboxylic acids is 1. The van der Waals surface area contributed by atoms with Crippen LogP contribution in [0, 0.1) is 6.92 Å². The minimum Gasteiger partial charge on any atom is -0.478 e. The first kappa shape index (κ1) is 30.0. The van der Waals surface area contributed by atoms with E-state index in [0.29, 0.717) is 16.3 Å². The lowest BCUT2D eigenvalue weighted by Gasteiger charge is -2.25. The van der Waals surface area contributed by atoms with Gasteiger partial charge in [0.25, 0.3) is 10.0 Å². The topological polar surface area (TPSA) is 124 Å². The van der Waals surface area contributed by atoms with Crippen LogP contribution >= 0.6 is 11.6 Å². The number of benzene rings is 2. The fourth-order valence-corrected chi connectivity index (χ4v) is 4.58. The number of nitrogens with zero attached hydrogens (tertiary/aromatic N) is 1. The summed E-state index contributed by atoms with van der Waals surface area (Å²) in [6, 6.07) is 9.22. The number of carboxylic acid groups (broad SMARTS) is 2. The lowest BCUT2D eigenvalue weighted by Crippen LogP contribution is -2.27. The van der Waals surface area contributed by atoms with Crippen LogP contribution in [0.4, 0.5) is 24.5 Å². The van der Waals surface area contributed by atoms with Crippen molar-refractivity contribution in [1.82, 2.24) is 0 Å². The van der Waals surface area contributed by atoms with Gasteiger partial charge in [0.2, 0.25) is 0 Å². The minimum atomic E-state index is -5.08. The van der Waals surface area contributed by atoms with Gasteiger partial charge in [-0.3, -0.25) is 4.72 Å². The maximum Gasteiger partial charge on any atom is 0.490 e. The number of rotatable bonds is 9. The summed E-state index contributed by atoms with van der Waals surface area (Å²) in [4.78, 5) is 22.8. The molecule has 2 aromatic carbocycles. The number of anilines is 2. The first-order valence-corrected chi connectivity index (χ1v) is 12.2. The smallest absolute Gasteiger partial charge is 0.478 e. The highest BCUT2D eigenvalue weighted by Crippen LogP contribution is 2.28. The van der Waals surface area contributed by atoms with Gasteiger partial charge in [-0.2, -0.15) is 13.2 Å². The predicted octanol–water partition coefficient (Wildman–Crippen LogP) is 5.41. The molecule has 3 N–H and O–H groups in total. The largest absolute Gasteiger partial charge is 0.490 e. The van der Waals surface area contributed by atoms with Crippen molar-refractivity contribution >= 4 is 44.9 Å². The molecule has 0 spiro atoms. The maximum absolute atomic E-state index is 12.8. The zero-order valence-corrected chi connectivity index (χ0v) is 20.8. The van der Waals surface area contributed by atoms with Crippen LogP contribution in [0.2, 0.25) is 5.02 Å². The van der Waals surface area contributed by atoms with Crippen LogP contribution in [-0.2, 0) is 14.8 Å². The highest BCUT2D eigenvalue weighted by molar-refractivity contribution is 7.92. The molecule has 0 saturated carbocycles. The Morgan fingerprint density at radius 1 is 1.06 bits per heavy atom. The van der Waals surface area contributed by atoms with Gasteiger partial charge in [-0.15, -0.1) is 0 Å². The van der Waals surface area contributed by atoms with Gasteiger partial charge in [0.15, 0.2) is 0 Å². The predicted molar refractivity (Wildman–Crippen MR) is 127 cm³/mol.